The van der Waals surface area contributed by atoms with Crippen LogP contribution in [0, 0.1) is 28.6 Å². The van der Waals surface area contributed by atoms with Gasteiger partial charge in [0.1, 0.15) is 0 Å². The number of hydrogen-bond donors (Lipinski definition) is 2. The molecule has 0 amide bonds. The van der Waals surface area contributed by atoms with E-state index in [1.54, 1.807) is 11.1 Å². The summed E-state index contributed by atoms with van der Waals surface area (Å²) >= 11 is 5.44. The summed E-state index contributed by atoms with van der Waals surface area (Å²) in [6.45, 7) is 10.5. The molecule has 150 valence electrons. The van der Waals surface area contributed by atoms with Gasteiger partial charge in [0.25, 0.3) is 0 Å². The summed E-state index contributed by atoms with van der Waals surface area (Å²) in [6, 6.07) is 0.515. The van der Waals surface area contributed by atoms with Gasteiger partial charge >= 0.3 is 0 Å². The van der Waals surface area contributed by atoms with E-state index in [1.807, 2.05) is 0 Å². The van der Waals surface area contributed by atoms with E-state index in [-0.39, 0.29) is 0 Å². The van der Waals surface area contributed by atoms with Crippen molar-refractivity contribution >= 4 is 17.3 Å². The molecule has 2 fully saturated rings. The Labute approximate surface area is 171 Å². The standard InChI is InChI=1S/C24H38N2S/c1-5-16-8-10-20-19-9-7-17-15-18(26-22(27)25-6-2)11-13-24(17,4)21(19)12-14-23(16,20)3/h7-8,18-21H,5-6,9-15H2,1-4H3,(H2,25,26,27). The van der Waals surface area contributed by atoms with Crippen molar-refractivity contribution in [2.45, 2.75) is 85.1 Å². The van der Waals surface area contributed by atoms with Gasteiger partial charge in [-0.15, -0.1) is 0 Å². The van der Waals surface area contributed by atoms with E-state index >= 15 is 0 Å². The number of rotatable bonds is 3. The van der Waals surface area contributed by atoms with Crippen molar-refractivity contribution in [3.05, 3.63) is 23.3 Å². The first-order valence-electron chi connectivity index (χ1n) is 11.4. The topological polar surface area (TPSA) is 24.1 Å². The first kappa shape index (κ1) is 19.5. The highest BCUT2D eigenvalue weighted by atomic mass is 32.1. The van der Waals surface area contributed by atoms with Crippen LogP contribution in [0.15, 0.2) is 23.3 Å². The predicted molar refractivity (Wildman–Crippen MR) is 119 cm³/mol. The highest BCUT2D eigenvalue weighted by molar-refractivity contribution is 7.80. The van der Waals surface area contributed by atoms with Gasteiger partial charge in [0.05, 0.1) is 0 Å². The lowest BCUT2D eigenvalue weighted by atomic mass is 9.47. The summed E-state index contributed by atoms with van der Waals surface area (Å²) in [5, 5.41) is 7.65. The molecule has 0 heterocycles. The minimum absolute atomic E-state index is 0.428. The Morgan fingerprint density at radius 1 is 1.07 bits per heavy atom. The molecule has 0 saturated heterocycles. The Morgan fingerprint density at radius 3 is 2.59 bits per heavy atom. The molecule has 0 aliphatic heterocycles. The molecule has 0 aromatic heterocycles. The molecule has 4 aliphatic rings. The Bertz CT molecular complexity index is 665. The molecule has 2 saturated carbocycles. The quantitative estimate of drug-likeness (QED) is 0.477. The Morgan fingerprint density at radius 2 is 1.85 bits per heavy atom. The summed E-state index contributed by atoms with van der Waals surface area (Å²) in [4.78, 5) is 0. The SMILES string of the molecule is CCNC(=S)NC1CCC2(C)C(=CCC3C4CC=C(CC)C4(C)CCC32)C1. The average Bonchev–Trinajstić information content (AvgIpc) is 2.98. The van der Waals surface area contributed by atoms with E-state index in [0.717, 1.165) is 29.4 Å². The number of fused-ring (bicyclic) bond motifs is 5. The van der Waals surface area contributed by atoms with Gasteiger partial charge < -0.3 is 10.6 Å². The zero-order valence-electron chi connectivity index (χ0n) is 17.7. The lowest BCUT2D eigenvalue weighted by Crippen LogP contribution is -2.52. The number of allylic oxidation sites excluding steroid dienone is 3. The van der Waals surface area contributed by atoms with E-state index in [2.05, 4.69) is 50.5 Å². The monoisotopic (exact) mass is 386 g/mol. The second-order valence-corrected chi connectivity index (χ2v) is 10.4. The molecular formula is C24H38N2S. The van der Waals surface area contributed by atoms with E-state index in [4.69, 9.17) is 12.2 Å². The summed E-state index contributed by atoms with van der Waals surface area (Å²) in [7, 11) is 0. The fourth-order valence-electron chi connectivity index (χ4n) is 7.39. The maximum atomic E-state index is 5.44. The molecule has 3 heteroatoms. The third-order valence-electron chi connectivity index (χ3n) is 8.90. The van der Waals surface area contributed by atoms with Crippen LogP contribution in [0.2, 0.25) is 0 Å². The van der Waals surface area contributed by atoms with Crippen LogP contribution in [0.5, 0.6) is 0 Å². The summed E-state index contributed by atoms with van der Waals surface area (Å²) in [6.07, 6.45) is 15.8. The van der Waals surface area contributed by atoms with Crippen LogP contribution in [0.4, 0.5) is 0 Å². The van der Waals surface area contributed by atoms with Gasteiger partial charge in [-0.2, -0.15) is 0 Å². The van der Waals surface area contributed by atoms with Crippen LogP contribution < -0.4 is 10.6 Å². The average molecular weight is 387 g/mol. The smallest absolute Gasteiger partial charge is 0.166 e. The van der Waals surface area contributed by atoms with Crippen LogP contribution in [0.3, 0.4) is 0 Å². The molecule has 0 bridgehead atoms. The maximum absolute atomic E-state index is 5.44. The molecule has 0 aromatic rings. The van der Waals surface area contributed by atoms with E-state index in [1.165, 1.54) is 51.4 Å². The van der Waals surface area contributed by atoms with Gasteiger partial charge in [0.15, 0.2) is 5.11 Å². The van der Waals surface area contributed by atoms with Crippen LogP contribution >= 0.6 is 12.2 Å². The lowest BCUT2D eigenvalue weighted by Gasteiger charge is -2.58. The van der Waals surface area contributed by atoms with E-state index in [9.17, 15) is 0 Å². The molecule has 0 aromatic carbocycles. The van der Waals surface area contributed by atoms with Crippen molar-refractivity contribution in [2.75, 3.05) is 6.54 Å². The molecule has 6 unspecified atom stereocenters. The van der Waals surface area contributed by atoms with Crippen molar-refractivity contribution in [3.63, 3.8) is 0 Å². The number of nitrogens with one attached hydrogen (secondary N) is 2. The lowest BCUT2D eigenvalue weighted by molar-refractivity contribution is -0.0193. The largest absolute Gasteiger partial charge is 0.363 e. The van der Waals surface area contributed by atoms with E-state index < -0.39 is 0 Å². The molecular weight excluding hydrogens is 348 g/mol. The van der Waals surface area contributed by atoms with Crippen molar-refractivity contribution in [3.8, 4) is 0 Å². The molecule has 4 aliphatic carbocycles. The first-order valence-corrected chi connectivity index (χ1v) is 11.8. The highest BCUT2D eigenvalue weighted by Crippen LogP contribution is 2.65. The molecule has 0 radical (unpaired) electrons. The third-order valence-corrected chi connectivity index (χ3v) is 9.16. The van der Waals surface area contributed by atoms with Crippen LogP contribution in [-0.4, -0.2) is 17.7 Å². The predicted octanol–water partition coefficient (Wildman–Crippen LogP) is 5.75. The molecule has 0 spiro atoms. The van der Waals surface area contributed by atoms with Crippen molar-refractivity contribution in [1.82, 2.24) is 10.6 Å². The van der Waals surface area contributed by atoms with Crippen LogP contribution in [-0.2, 0) is 0 Å². The van der Waals surface area contributed by atoms with Gasteiger partial charge in [-0.3, -0.25) is 0 Å². The molecule has 2 N–H and O–H groups in total. The number of thiocarbonyl (C=S) groups is 1. The second kappa shape index (κ2) is 7.21. The molecule has 6 atom stereocenters. The highest BCUT2D eigenvalue weighted by Gasteiger charge is 2.56. The molecule has 4 rings (SSSR count). The van der Waals surface area contributed by atoms with Crippen LogP contribution in [0.25, 0.3) is 0 Å². The van der Waals surface area contributed by atoms with Gasteiger partial charge in [0, 0.05) is 12.6 Å². The van der Waals surface area contributed by atoms with Crippen LogP contribution in [0.1, 0.15) is 79.1 Å². The van der Waals surface area contributed by atoms with Crippen molar-refractivity contribution in [1.29, 1.82) is 0 Å². The normalized spacial score (nSPS) is 43.0. The van der Waals surface area contributed by atoms with Gasteiger partial charge in [-0.05, 0) is 99.1 Å². The fourth-order valence-corrected chi connectivity index (χ4v) is 7.70. The Balaban J connectivity index is 1.51. The van der Waals surface area contributed by atoms with Gasteiger partial charge in [-0.25, -0.2) is 0 Å². The van der Waals surface area contributed by atoms with E-state index in [0.29, 0.717) is 16.9 Å². The summed E-state index contributed by atoms with van der Waals surface area (Å²) in [5.41, 5.74) is 4.42. The molecule has 2 nitrogen and oxygen atoms in total. The minimum Gasteiger partial charge on any atom is -0.363 e. The maximum Gasteiger partial charge on any atom is 0.166 e. The second-order valence-electron chi connectivity index (χ2n) is 9.98. The number of hydrogen-bond acceptors (Lipinski definition) is 1. The zero-order valence-corrected chi connectivity index (χ0v) is 18.6. The summed E-state index contributed by atoms with van der Waals surface area (Å²) in [5.74, 6) is 2.67. The van der Waals surface area contributed by atoms with Crippen molar-refractivity contribution in [2.24, 2.45) is 28.6 Å². The Hall–Kier alpha value is -0.830. The Kier molecular flexibility index (Phi) is 5.20. The first-order chi connectivity index (χ1) is 12.9. The minimum atomic E-state index is 0.428. The fraction of sp³-hybridized carbons (Fsp3) is 0.792. The molecule has 27 heavy (non-hydrogen) atoms. The third kappa shape index (κ3) is 3.09. The zero-order chi connectivity index (χ0) is 19.2. The van der Waals surface area contributed by atoms with Gasteiger partial charge in [-0.1, -0.05) is 44.1 Å². The van der Waals surface area contributed by atoms with Crippen molar-refractivity contribution < 1.29 is 0 Å². The van der Waals surface area contributed by atoms with Gasteiger partial charge in [0.2, 0.25) is 0 Å². The summed E-state index contributed by atoms with van der Waals surface area (Å²) < 4.78 is 0.